The van der Waals surface area contributed by atoms with E-state index in [9.17, 15) is 14.4 Å². The first-order valence-electron chi connectivity index (χ1n) is 8.92. The molecule has 0 radical (unpaired) electrons. The van der Waals surface area contributed by atoms with E-state index in [0.717, 1.165) is 24.1 Å². The number of rotatable bonds is 7. The summed E-state index contributed by atoms with van der Waals surface area (Å²) in [5, 5.41) is 3.35. The number of likely N-dealkylation sites (tertiary alicyclic amines) is 1. The zero-order chi connectivity index (χ0) is 19.3. The van der Waals surface area contributed by atoms with Gasteiger partial charge in [0.15, 0.2) is 0 Å². The lowest BCUT2D eigenvalue weighted by Gasteiger charge is -2.25. The summed E-state index contributed by atoms with van der Waals surface area (Å²) in [5.74, 6) is -0.633. The van der Waals surface area contributed by atoms with Crippen LogP contribution in [-0.4, -0.2) is 67.4 Å². The van der Waals surface area contributed by atoms with Gasteiger partial charge in [-0.3, -0.25) is 14.5 Å². The Morgan fingerprint density at radius 1 is 1.35 bits per heavy atom. The molecule has 0 aromatic carbocycles. The number of amides is 2. The number of anilines is 1. The number of nitrogens with zero attached hydrogens (tertiary/aromatic N) is 2. The first-order chi connectivity index (χ1) is 12.4. The molecule has 1 aromatic rings. The molecule has 0 spiro atoms. The van der Waals surface area contributed by atoms with Crippen LogP contribution in [-0.2, 0) is 20.7 Å². The van der Waals surface area contributed by atoms with E-state index in [0.29, 0.717) is 17.1 Å². The molecular weight excluding hydrogens is 354 g/mol. The molecule has 0 saturated carbocycles. The third-order valence-electron chi connectivity index (χ3n) is 4.32. The largest absolute Gasteiger partial charge is 0.462 e. The van der Waals surface area contributed by atoms with Gasteiger partial charge in [-0.2, -0.15) is 0 Å². The number of thiophene rings is 1. The van der Waals surface area contributed by atoms with E-state index >= 15 is 0 Å². The monoisotopic (exact) mass is 381 g/mol. The van der Waals surface area contributed by atoms with Gasteiger partial charge in [-0.15, -0.1) is 11.3 Å². The molecule has 1 fully saturated rings. The number of aryl methyl sites for hydroxylation is 1. The number of likely N-dealkylation sites (N-methyl/N-ethyl adjacent to an activating group) is 1. The molecule has 2 rings (SSSR count). The lowest BCUT2D eigenvalue weighted by molar-refractivity contribution is -0.133. The summed E-state index contributed by atoms with van der Waals surface area (Å²) < 4.78 is 5.07. The van der Waals surface area contributed by atoms with Gasteiger partial charge in [0, 0.05) is 19.0 Å². The molecule has 1 aromatic heterocycles. The lowest BCUT2D eigenvalue weighted by atomic mass is 10.2. The number of ether oxygens (including phenoxy) is 1. The van der Waals surface area contributed by atoms with Crippen LogP contribution in [0.25, 0.3) is 0 Å². The maximum absolute atomic E-state index is 12.5. The second-order valence-electron chi connectivity index (χ2n) is 6.44. The number of esters is 1. The van der Waals surface area contributed by atoms with Gasteiger partial charge in [0.1, 0.15) is 5.00 Å². The van der Waals surface area contributed by atoms with Crippen molar-refractivity contribution in [1.29, 1.82) is 0 Å². The highest BCUT2D eigenvalue weighted by Crippen LogP contribution is 2.29. The first kappa shape index (κ1) is 20.4. The molecule has 7 nitrogen and oxygen atoms in total. The van der Waals surface area contributed by atoms with Crippen LogP contribution in [0.3, 0.4) is 0 Å². The van der Waals surface area contributed by atoms with Crippen molar-refractivity contribution in [3.8, 4) is 0 Å². The minimum absolute atomic E-state index is 0.0203. The number of nitrogens with one attached hydrogen (secondary N) is 1. The fraction of sp³-hybridized carbons (Fsp3) is 0.611. The molecule has 26 heavy (non-hydrogen) atoms. The molecule has 0 bridgehead atoms. The van der Waals surface area contributed by atoms with E-state index in [1.807, 2.05) is 11.8 Å². The molecule has 8 heteroatoms. The van der Waals surface area contributed by atoms with Crippen LogP contribution in [0.5, 0.6) is 0 Å². The Kier molecular flexibility index (Phi) is 7.16. The summed E-state index contributed by atoms with van der Waals surface area (Å²) >= 11 is 1.39. The predicted octanol–water partition coefficient (Wildman–Crippen LogP) is 1.98. The van der Waals surface area contributed by atoms with E-state index < -0.39 is 5.97 Å². The Hall–Kier alpha value is -1.93. The topological polar surface area (TPSA) is 79.0 Å². The smallest absolute Gasteiger partial charge is 0.341 e. The zero-order valence-electron chi connectivity index (χ0n) is 15.8. The molecule has 1 aliphatic heterocycles. The minimum Gasteiger partial charge on any atom is -0.462 e. The van der Waals surface area contributed by atoms with Crippen molar-refractivity contribution >= 4 is 34.1 Å². The van der Waals surface area contributed by atoms with Gasteiger partial charge in [0.25, 0.3) is 0 Å². The van der Waals surface area contributed by atoms with Gasteiger partial charge >= 0.3 is 5.97 Å². The van der Waals surface area contributed by atoms with Crippen molar-refractivity contribution in [2.45, 2.75) is 39.2 Å². The van der Waals surface area contributed by atoms with Crippen LogP contribution in [0, 0.1) is 0 Å². The number of hydrogen-bond acceptors (Lipinski definition) is 6. The maximum Gasteiger partial charge on any atom is 0.341 e. The van der Waals surface area contributed by atoms with Crippen molar-refractivity contribution in [3.05, 3.63) is 16.5 Å². The molecule has 1 N–H and O–H groups in total. The predicted molar refractivity (Wildman–Crippen MR) is 102 cm³/mol. The number of carbonyl (C=O) groups is 3. The average molecular weight is 381 g/mol. The SMILES string of the molecule is CCOC(=O)c1cc(CC)sc1NC(=O)CN1CCCC1C(=O)N(C)C. The first-order valence-corrected chi connectivity index (χ1v) is 9.73. The van der Waals surface area contributed by atoms with E-state index in [-0.39, 0.29) is 31.0 Å². The third kappa shape index (κ3) is 4.82. The van der Waals surface area contributed by atoms with Crippen LogP contribution >= 0.6 is 11.3 Å². The summed E-state index contributed by atoms with van der Waals surface area (Å²) in [4.78, 5) is 41.3. The molecule has 144 valence electrons. The molecule has 1 unspecified atom stereocenters. The molecular formula is C18H27N3O4S. The normalized spacial score (nSPS) is 17.2. The van der Waals surface area contributed by atoms with Crippen molar-refractivity contribution in [2.75, 3.05) is 39.1 Å². The van der Waals surface area contributed by atoms with Gasteiger partial charge < -0.3 is 15.0 Å². The van der Waals surface area contributed by atoms with Gasteiger partial charge in [0.2, 0.25) is 11.8 Å². The van der Waals surface area contributed by atoms with Crippen molar-refractivity contribution in [3.63, 3.8) is 0 Å². The molecule has 0 aliphatic carbocycles. The van der Waals surface area contributed by atoms with Gasteiger partial charge in [-0.05, 0) is 38.8 Å². The standard InChI is InChI=1S/C18H27N3O4S/c1-5-12-10-13(18(24)25-6-2)16(26-12)19-15(22)11-21-9-7-8-14(21)17(23)20(3)4/h10,14H,5-9,11H2,1-4H3,(H,19,22). The van der Waals surface area contributed by atoms with Gasteiger partial charge in [0.05, 0.1) is 24.8 Å². The summed E-state index contributed by atoms with van der Waals surface area (Å²) in [6.07, 6.45) is 2.43. The van der Waals surface area contributed by atoms with Crippen molar-refractivity contribution < 1.29 is 19.1 Å². The zero-order valence-corrected chi connectivity index (χ0v) is 16.6. The highest BCUT2D eigenvalue weighted by Gasteiger charge is 2.33. The third-order valence-corrected chi connectivity index (χ3v) is 5.51. The van der Waals surface area contributed by atoms with E-state index in [2.05, 4.69) is 5.32 Å². The molecule has 1 aliphatic rings. The van der Waals surface area contributed by atoms with Crippen LogP contribution < -0.4 is 5.32 Å². The summed E-state index contributed by atoms with van der Waals surface area (Å²) in [6.45, 7) is 4.87. The summed E-state index contributed by atoms with van der Waals surface area (Å²) in [5.41, 5.74) is 0.393. The molecule has 1 atom stereocenters. The second-order valence-corrected chi connectivity index (χ2v) is 7.58. The van der Waals surface area contributed by atoms with Crippen LogP contribution in [0.1, 0.15) is 41.9 Å². The van der Waals surface area contributed by atoms with Gasteiger partial charge in [-0.25, -0.2) is 4.79 Å². The molecule has 1 saturated heterocycles. The maximum atomic E-state index is 12.5. The van der Waals surface area contributed by atoms with Crippen molar-refractivity contribution in [1.82, 2.24) is 9.80 Å². The fourth-order valence-electron chi connectivity index (χ4n) is 3.01. The molecule has 2 amide bonds. The van der Waals surface area contributed by atoms with Gasteiger partial charge in [-0.1, -0.05) is 6.92 Å². The van der Waals surface area contributed by atoms with Crippen LogP contribution in [0.15, 0.2) is 6.07 Å². The quantitative estimate of drug-likeness (QED) is 0.731. The van der Waals surface area contributed by atoms with E-state index in [4.69, 9.17) is 4.74 Å². The Bertz CT molecular complexity index is 671. The Morgan fingerprint density at radius 3 is 2.69 bits per heavy atom. The highest BCUT2D eigenvalue weighted by atomic mass is 32.1. The number of carbonyl (C=O) groups excluding carboxylic acids is 3. The fourth-order valence-corrected chi connectivity index (χ4v) is 4.01. The summed E-state index contributed by atoms with van der Waals surface area (Å²) in [6, 6.07) is 1.52. The van der Waals surface area contributed by atoms with E-state index in [1.165, 1.54) is 11.3 Å². The van der Waals surface area contributed by atoms with E-state index in [1.54, 1.807) is 32.0 Å². The Labute approximate surface area is 158 Å². The highest BCUT2D eigenvalue weighted by molar-refractivity contribution is 7.16. The number of hydrogen-bond donors (Lipinski definition) is 1. The minimum atomic E-state index is -0.430. The molecule has 2 heterocycles. The van der Waals surface area contributed by atoms with Crippen LogP contribution in [0.2, 0.25) is 0 Å². The lowest BCUT2D eigenvalue weighted by Crippen LogP contribution is -2.45. The van der Waals surface area contributed by atoms with Crippen molar-refractivity contribution in [2.24, 2.45) is 0 Å². The summed E-state index contributed by atoms with van der Waals surface area (Å²) in [7, 11) is 3.45. The Morgan fingerprint density at radius 2 is 2.08 bits per heavy atom. The second kappa shape index (κ2) is 9.14. The Balaban J connectivity index is 2.06. The van der Waals surface area contributed by atoms with Crippen LogP contribution in [0.4, 0.5) is 5.00 Å². The average Bonchev–Trinajstić information content (AvgIpc) is 3.21.